The Morgan fingerprint density at radius 2 is 1.80 bits per heavy atom. The van der Waals surface area contributed by atoms with Gasteiger partial charge in [0.2, 0.25) is 12.7 Å². The van der Waals surface area contributed by atoms with Crippen LogP contribution in [-0.2, 0) is 17.9 Å². The summed E-state index contributed by atoms with van der Waals surface area (Å²) < 4.78 is 11.9. The van der Waals surface area contributed by atoms with Crippen LogP contribution in [0.1, 0.15) is 5.56 Å². The van der Waals surface area contributed by atoms with E-state index in [4.69, 9.17) is 9.47 Å². The fourth-order valence-corrected chi connectivity index (χ4v) is 3.81. The molecule has 0 atom stereocenters. The number of aromatic nitrogens is 3. The van der Waals surface area contributed by atoms with Gasteiger partial charge in [-0.2, -0.15) is 0 Å². The third kappa shape index (κ3) is 3.59. The Balaban J connectivity index is 1.19. The summed E-state index contributed by atoms with van der Waals surface area (Å²) in [7, 11) is 0. The number of hydrogen-bond donors (Lipinski definition) is 0. The number of amides is 1. The summed E-state index contributed by atoms with van der Waals surface area (Å²) in [5.41, 5.74) is 1.38. The lowest BCUT2D eigenvalue weighted by molar-refractivity contribution is -0.134. The van der Waals surface area contributed by atoms with Crippen LogP contribution in [0.4, 0.5) is 0 Å². The summed E-state index contributed by atoms with van der Waals surface area (Å²) in [5.74, 6) is 1.44. The first-order valence-electron chi connectivity index (χ1n) is 9.88. The maximum atomic E-state index is 12.7. The SMILES string of the molecule is O=C(Cn1nnc2ccccc2c1=O)N1CCN(Cc2ccc3c(c2)OCO3)CC1. The molecule has 154 valence electrons. The molecule has 0 unspecified atom stereocenters. The second-order valence-corrected chi connectivity index (χ2v) is 7.41. The van der Waals surface area contributed by atoms with Crippen molar-refractivity contribution in [2.24, 2.45) is 0 Å². The Morgan fingerprint density at radius 3 is 2.67 bits per heavy atom. The summed E-state index contributed by atoms with van der Waals surface area (Å²) >= 11 is 0. The highest BCUT2D eigenvalue weighted by Crippen LogP contribution is 2.32. The molecule has 1 fully saturated rings. The molecule has 0 radical (unpaired) electrons. The molecule has 3 aromatic rings. The monoisotopic (exact) mass is 407 g/mol. The average molecular weight is 407 g/mol. The van der Waals surface area contributed by atoms with E-state index in [9.17, 15) is 9.59 Å². The Kier molecular flexibility index (Phi) is 4.80. The number of fused-ring (bicyclic) bond motifs is 2. The fourth-order valence-electron chi connectivity index (χ4n) is 3.81. The maximum absolute atomic E-state index is 12.7. The van der Waals surface area contributed by atoms with Crippen LogP contribution in [0.15, 0.2) is 47.3 Å². The number of rotatable bonds is 4. The summed E-state index contributed by atoms with van der Waals surface area (Å²) in [6.45, 7) is 3.70. The molecule has 0 bridgehead atoms. The van der Waals surface area contributed by atoms with Gasteiger partial charge < -0.3 is 14.4 Å². The highest BCUT2D eigenvalue weighted by Gasteiger charge is 2.23. The number of benzene rings is 2. The van der Waals surface area contributed by atoms with Crippen molar-refractivity contribution in [2.45, 2.75) is 13.1 Å². The molecule has 9 heteroatoms. The molecular formula is C21H21N5O4. The van der Waals surface area contributed by atoms with E-state index in [1.165, 1.54) is 0 Å². The molecule has 0 N–H and O–H groups in total. The van der Waals surface area contributed by atoms with E-state index in [2.05, 4.69) is 15.2 Å². The largest absolute Gasteiger partial charge is 0.454 e. The zero-order valence-corrected chi connectivity index (χ0v) is 16.4. The van der Waals surface area contributed by atoms with Crippen LogP contribution in [0, 0.1) is 0 Å². The van der Waals surface area contributed by atoms with Gasteiger partial charge in [0, 0.05) is 32.7 Å². The molecule has 5 rings (SSSR count). The molecule has 2 aromatic carbocycles. The first-order valence-corrected chi connectivity index (χ1v) is 9.88. The van der Waals surface area contributed by atoms with Gasteiger partial charge >= 0.3 is 0 Å². The van der Waals surface area contributed by atoms with E-state index in [0.717, 1.165) is 41.4 Å². The number of carbonyl (C=O) groups is 1. The van der Waals surface area contributed by atoms with Crippen LogP contribution in [0.2, 0.25) is 0 Å². The van der Waals surface area contributed by atoms with Crippen LogP contribution >= 0.6 is 0 Å². The van der Waals surface area contributed by atoms with Gasteiger partial charge in [-0.3, -0.25) is 14.5 Å². The van der Waals surface area contributed by atoms with Gasteiger partial charge in [0.1, 0.15) is 12.1 Å². The highest BCUT2D eigenvalue weighted by molar-refractivity contribution is 5.78. The molecule has 1 aromatic heterocycles. The summed E-state index contributed by atoms with van der Waals surface area (Å²) in [4.78, 5) is 29.3. The third-order valence-electron chi connectivity index (χ3n) is 5.48. The molecule has 3 heterocycles. The number of carbonyl (C=O) groups excluding carboxylic acids is 1. The van der Waals surface area contributed by atoms with Crippen molar-refractivity contribution in [1.82, 2.24) is 24.8 Å². The van der Waals surface area contributed by atoms with Crippen molar-refractivity contribution in [1.29, 1.82) is 0 Å². The van der Waals surface area contributed by atoms with Crippen molar-refractivity contribution < 1.29 is 14.3 Å². The molecule has 0 spiro atoms. The van der Waals surface area contributed by atoms with Crippen molar-refractivity contribution in [3.05, 3.63) is 58.4 Å². The second kappa shape index (κ2) is 7.75. The zero-order chi connectivity index (χ0) is 20.5. The molecule has 1 amide bonds. The first-order chi connectivity index (χ1) is 14.7. The first kappa shape index (κ1) is 18.6. The Bertz CT molecular complexity index is 1150. The number of ether oxygens (including phenoxy) is 2. The molecule has 2 aliphatic rings. The van der Waals surface area contributed by atoms with Gasteiger partial charge in [-0.15, -0.1) is 5.10 Å². The van der Waals surface area contributed by atoms with Crippen LogP contribution < -0.4 is 15.0 Å². The Morgan fingerprint density at radius 1 is 1.00 bits per heavy atom. The van der Waals surface area contributed by atoms with Crippen molar-refractivity contribution in [3.8, 4) is 11.5 Å². The lowest BCUT2D eigenvalue weighted by atomic mass is 10.1. The standard InChI is InChI=1S/C21H21N5O4/c27-20(13-26-21(28)16-3-1-2-4-17(16)22-23-26)25-9-7-24(8-10-25)12-15-5-6-18-19(11-15)30-14-29-18/h1-6,11H,7-10,12-14H2. The Labute approximate surface area is 172 Å². The summed E-state index contributed by atoms with van der Waals surface area (Å²) in [6.07, 6.45) is 0. The van der Waals surface area contributed by atoms with Crippen molar-refractivity contribution in [3.63, 3.8) is 0 Å². The van der Waals surface area contributed by atoms with E-state index in [1.807, 2.05) is 18.2 Å². The van der Waals surface area contributed by atoms with Crippen LogP contribution in [0.3, 0.4) is 0 Å². The van der Waals surface area contributed by atoms with Crippen LogP contribution in [-0.4, -0.2) is 63.7 Å². The van der Waals surface area contributed by atoms with Crippen LogP contribution in [0.5, 0.6) is 11.5 Å². The zero-order valence-electron chi connectivity index (χ0n) is 16.4. The molecule has 1 saturated heterocycles. The quantitative estimate of drug-likeness (QED) is 0.634. The van der Waals surface area contributed by atoms with E-state index in [-0.39, 0.29) is 24.8 Å². The lowest BCUT2D eigenvalue weighted by Crippen LogP contribution is -2.49. The smallest absolute Gasteiger partial charge is 0.278 e. The summed E-state index contributed by atoms with van der Waals surface area (Å²) in [5, 5.41) is 8.42. The van der Waals surface area contributed by atoms with E-state index < -0.39 is 0 Å². The predicted molar refractivity (Wildman–Crippen MR) is 108 cm³/mol. The minimum atomic E-state index is -0.296. The van der Waals surface area contributed by atoms with Gasteiger partial charge in [-0.1, -0.05) is 23.4 Å². The fraction of sp³-hybridized carbons (Fsp3) is 0.333. The molecule has 2 aliphatic heterocycles. The van der Waals surface area contributed by atoms with Gasteiger partial charge in [-0.05, 0) is 29.8 Å². The van der Waals surface area contributed by atoms with Crippen molar-refractivity contribution >= 4 is 16.8 Å². The van der Waals surface area contributed by atoms with Gasteiger partial charge in [0.25, 0.3) is 5.56 Å². The van der Waals surface area contributed by atoms with E-state index in [0.29, 0.717) is 24.0 Å². The second-order valence-electron chi connectivity index (χ2n) is 7.41. The van der Waals surface area contributed by atoms with Gasteiger partial charge in [0.05, 0.1) is 5.39 Å². The predicted octanol–water partition coefficient (Wildman–Crippen LogP) is 0.865. The maximum Gasteiger partial charge on any atom is 0.278 e. The minimum absolute atomic E-state index is 0.0984. The van der Waals surface area contributed by atoms with E-state index in [1.54, 1.807) is 29.2 Å². The summed E-state index contributed by atoms with van der Waals surface area (Å²) in [6, 6.07) is 13.0. The Hall–Kier alpha value is -3.46. The normalized spacial score (nSPS) is 16.2. The van der Waals surface area contributed by atoms with Gasteiger partial charge in [0.15, 0.2) is 11.5 Å². The molecule has 30 heavy (non-hydrogen) atoms. The van der Waals surface area contributed by atoms with Crippen LogP contribution in [0.25, 0.3) is 10.9 Å². The number of nitrogens with zero attached hydrogens (tertiary/aromatic N) is 5. The molecule has 0 saturated carbocycles. The lowest BCUT2D eigenvalue weighted by Gasteiger charge is -2.34. The number of piperazine rings is 1. The van der Waals surface area contributed by atoms with Crippen molar-refractivity contribution in [2.75, 3.05) is 33.0 Å². The highest BCUT2D eigenvalue weighted by atomic mass is 16.7. The molecule has 9 nitrogen and oxygen atoms in total. The number of hydrogen-bond acceptors (Lipinski definition) is 7. The third-order valence-corrected chi connectivity index (χ3v) is 5.48. The molecular weight excluding hydrogens is 386 g/mol. The minimum Gasteiger partial charge on any atom is -0.454 e. The molecule has 0 aliphatic carbocycles. The van der Waals surface area contributed by atoms with Gasteiger partial charge in [-0.25, -0.2) is 4.68 Å². The van der Waals surface area contributed by atoms with E-state index >= 15 is 0 Å². The topological polar surface area (TPSA) is 89.8 Å². The average Bonchev–Trinajstić information content (AvgIpc) is 3.24.